The van der Waals surface area contributed by atoms with Crippen LogP contribution in [0.3, 0.4) is 0 Å². The number of nitrogens with one attached hydrogen (secondary N) is 1. The van der Waals surface area contributed by atoms with E-state index >= 15 is 0 Å². The molecule has 1 N–H and O–H groups in total. The topological polar surface area (TPSA) is 64.2 Å². The van der Waals surface area contributed by atoms with Gasteiger partial charge in [-0.1, -0.05) is 6.42 Å². The zero-order chi connectivity index (χ0) is 11.7. The first-order chi connectivity index (χ1) is 8.34. The van der Waals surface area contributed by atoms with Gasteiger partial charge in [-0.2, -0.15) is 0 Å². The van der Waals surface area contributed by atoms with E-state index in [1.54, 1.807) is 18.6 Å². The summed E-state index contributed by atoms with van der Waals surface area (Å²) >= 11 is 0. The summed E-state index contributed by atoms with van der Waals surface area (Å²) in [7, 11) is 0. The zero-order valence-corrected chi connectivity index (χ0v) is 9.54. The molecule has 0 amide bonds. The third kappa shape index (κ3) is 1.95. The highest BCUT2D eigenvalue weighted by Gasteiger charge is 2.15. The summed E-state index contributed by atoms with van der Waals surface area (Å²) in [6.45, 7) is 1.68. The molecule has 0 spiro atoms. The van der Waals surface area contributed by atoms with E-state index in [0.717, 1.165) is 13.0 Å². The van der Waals surface area contributed by atoms with Crippen molar-refractivity contribution < 1.29 is 0 Å². The Bertz CT molecular complexity index is 566. The van der Waals surface area contributed by atoms with Crippen LogP contribution in [0.5, 0.6) is 0 Å². The van der Waals surface area contributed by atoms with Crippen LogP contribution < -0.4 is 11.0 Å². The SMILES string of the molecule is O=c1n(CC2CCCCN2)nc2cnccn12. The van der Waals surface area contributed by atoms with Gasteiger partial charge >= 0.3 is 5.69 Å². The van der Waals surface area contributed by atoms with Gasteiger partial charge in [-0.15, -0.1) is 5.10 Å². The van der Waals surface area contributed by atoms with Crippen molar-refractivity contribution in [3.05, 3.63) is 29.1 Å². The molecule has 1 saturated heterocycles. The van der Waals surface area contributed by atoms with Crippen molar-refractivity contribution in [3.8, 4) is 0 Å². The maximum atomic E-state index is 12.0. The highest BCUT2D eigenvalue weighted by atomic mass is 16.2. The summed E-state index contributed by atoms with van der Waals surface area (Å²) in [6.07, 6.45) is 8.40. The Hall–Kier alpha value is -1.69. The third-order valence-corrected chi connectivity index (χ3v) is 3.19. The molecule has 1 aliphatic heterocycles. The molecule has 0 aromatic carbocycles. The van der Waals surface area contributed by atoms with Gasteiger partial charge in [-0.25, -0.2) is 13.9 Å². The zero-order valence-electron chi connectivity index (χ0n) is 9.54. The van der Waals surface area contributed by atoms with Crippen LogP contribution in [-0.2, 0) is 6.54 Å². The minimum atomic E-state index is -0.0882. The van der Waals surface area contributed by atoms with Crippen molar-refractivity contribution in [2.45, 2.75) is 31.8 Å². The molecule has 6 heteroatoms. The van der Waals surface area contributed by atoms with Crippen LogP contribution in [0.1, 0.15) is 19.3 Å². The molecule has 1 aliphatic rings. The van der Waals surface area contributed by atoms with E-state index in [1.807, 2.05) is 0 Å². The van der Waals surface area contributed by atoms with Gasteiger partial charge < -0.3 is 5.32 Å². The number of hydrogen-bond acceptors (Lipinski definition) is 4. The Morgan fingerprint density at radius 3 is 3.18 bits per heavy atom. The lowest BCUT2D eigenvalue weighted by Gasteiger charge is -2.22. The Balaban J connectivity index is 1.89. The predicted molar refractivity (Wildman–Crippen MR) is 62.9 cm³/mol. The summed E-state index contributed by atoms with van der Waals surface area (Å²) < 4.78 is 3.05. The Labute approximate surface area is 98.3 Å². The number of aromatic nitrogens is 4. The quantitative estimate of drug-likeness (QED) is 0.795. The fourth-order valence-corrected chi connectivity index (χ4v) is 2.29. The number of hydrogen-bond donors (Lipinski definition) is 1. The fraction of sp³-hybridized carbons (Fsp3) is 0.545. The minimum absolute atomic E-state index is 0.0882. The molecule has 1 atom stereocenters. The lowest BCUT2D eigenvalue weighted by Crippen LogP contribution is -2.40. The lowest BCUT2D eigenvalue weighted by molar-refractivity contribution is 0.347. The number of piperidine rings is 1. The smallest absolute Gasteiger partial charge is 0.312 e. The van der Waals surface area contributed by atoms with E-state index in [4.69, 9.17) is 0 Å². The normalized spacial score (nSPS) is 20.8. The summed E-state index contributed by atoms with van der Waals surface area (Å²) in [6, 6.07) is 0.360. The molecule has 2 aromatic heterocycles. The first kappa shape index (κ1) is 10.5. The molecule has 17 heavy (non-hydrogen) atoms. The molecule has 2 aromatic rings. The van der Waals surface area contributed by atoms with Crippen molar-refractivity contribution in [2.75, 3.05) is 6.54 Å². The van der Waals surface area contributed by atoms with Gasteiger partial charge in [0.2, 0.25) is 0 Å². The first-order valence-electron chi connectivity index (χ1n) is 5.97. The van der Waals surface area contributed by atoms with Crippen LogP contribution in [-0.4, -0.2) is 31.8 Å². The van der Waals surface area contributed by atoms with E-state index in [0.29, 0.717) is 18.2 Å². The monoisotopic (exact) mass is 233 g/mol. The van der Waals surface area contributed by atoms with Crippen LogP contribution >= 0.6 is 0 Å². The molecular weight excluding hydrogens is 218 g/mol. The third-order valence-electron chi connectivity index (χ3n) is 3.19. The Kier molecular flexibility index (Phi) is 2.64. The maximum absolute atomic E-state index is 12.0. The number of nitrogens with zero attached hydrogens (tertiary/aromatic N) is 4. The van der Waals surface area contributed by atoms with Crippen LogP contribution in [0.25, 0.3) is 5.65 Å². The van der Waals surface area contributed by atoms with Gasteiger partial charge in [0.1, 0.15) is 0 Å². The van der Waals surface area contributed by atoms with Gasteiger partial charge in [0.05, 0.1) is 12.7 Å². The average molecular weight is 233 g/mol. The van der Waals surface area contributed by atoms with Gasteiger partial charge in [0, 0.05) is 18.4 Å². The molecular formula is C11H15N5O. The summed E-state index contributed by atoms with van der Waals surface area (Å²) in [5.41, 5.74) is 0.517. The largest absolute Gasteiger partial charge is 0.350 e. The van der Waals surface area contributed by atoms with Crippen molar-refractivity contribution in [1.82, 2.24) is 24.5 Å². The lowest BCUT2D eigenvalue weighted by atomic mass is 10.1. The van der Waals surface area contributed by atoms with E-state index in [-0.39, 0.29) is 5.69 Å². The highest BCUT2D eigenvalue weighted by Crippen LogP contribution is 2.08. The summed E-state index contributed by atoms with van der Waals surface area (Å²) in [5, 5.41) is 7.69. The molecule has 0 bridgehead atoms. The molecule has 1 fully saturated rings. The van der Waals surface area contributed by atoms with Gasteiger partial charge in [0.25, 0.3) is 0 Å². The van der Waals surface area contributed by atoms with Gasteiger partial charge in [0.15, 0.2) is 5.65 Å². The number of fused-ring (bicyclic) bond motifs is 1. The van der Waals surface area contributed by atoms with E-state index in [1.165, 1.54) is 21.9 Å². The molecule has 3 rings (SSSR count). The summed E-state index contributed by atoms with van der Waals surface area (Å²) in [5.74, 6) is 0. The second kappa shape index (κ2) is 4.29. The first-order valence-corrected chi connectivity index (χ1v) is 5.97. The van der Waals surface area contributed by atoms with Crippen LogP contribution in [0.2, 0.25) is 0 Å². The van der Waals surface area contributed by atoms with E-state index in [2.05, 4.69) is 15.4 Å². The Morgan fingerprint density at radius 2 is 2.41 bits per heavy atom. The van der Waals surface area contributed by atoms with E-state index in [9.17, 15) is 4.79 Å². The van der Waals surface area contributed by atoms with Crippen molar-refractivity contribution >= 4 is 5.65 Å². The van der Waals surface area contributed by atoms with Crippen LogP contribution in [0.15, 0.2) is 23.4 Å². The Morgan fingerprint density at radius 1 is 1.47 bits per heavy atom. The maximum Gasteiger partial charge on any atom is 0.350 e. The van der Waals surface area contributed by atoms with Crippen molar-refractivity contribution in [3.63, 3.8) is 0 Å². The van der Waals surface area contributed by atoms with Crippen LogP contribution in [0, 0.1) is 0 Å². The second-order valence-corrected chi connectivity index (χ2v) is 4.42. The molecule has 0 saturated carbocycles. The van der Waals surface area contributed by atoms with Crippen molar-refractivity contribution in [2.24, 2.45) is 0 Å². The molecule has 6 nitrogen and oxygen atoms in total. The van der Waals surface area contributed by atoms with Gasteiger partial charge in [-0.3, -0.25) is 4.98 Å². The predicted octanol–water partition coefficient (Wildman–Crippen LogP) is 0.0331. The van der Waals surface area contributed by atoms with Gasteiger partial charge in [-0.05, 0) is 19.4 Å². The highest BCUT2D eigenvalue weighted by molar-refractivity contribution is 5.31. The fourth-order valence-electron chi connectivity index (χ4n) is 2.29. The van der Waals surface area contributed by atoms with Crippen LogP contribution in [0.4, 0.5) is 0 Å². The second-order valence-electron chi connectivity index (χ2n) is 4.42. The molecule has 0 radical (unpaired) electrons. The molecule has 90 valence electrons. The standard InChI is InChI=1S/C11H15N5O/c17-11-15-6-5-12-7-10(15)14-16(11)8-9-3-1-2-4-13-9/h5-7,9,13H,1-4,8H2. The average Bonchev–Trinajstić information content (AvgIpc) is 2.68. The molecule has 3 heterocycles. The van der Waals surface area contributed by atoms with E-state index < -0.39 is 0 Å². The van der Waals surface area contributed by atoms with Crippen molar-refractivity contribution in [1.29, 1.82) is 0 Å². The molecule has 1 unspecified atom stereocenters. The number of rotatable bonds is 2. The summed E-state index contributed by atoms with van der Waals surface area (Å²) in [4.78, 5) is 16.0. The minimum Gasteiger partial charge on any atom is -0.312 e. The molecule has 0 aliphatic carbocycles.